The molecule has 0 radical (unpaired) electrons. The molecular weight excluding hydrogens is 799 g/mol. The van der Waals surface area contributed by atoms with E-state index < -0.39 is 0 Å². The van der Waals surface area contributed by atoms with Crippen molar-refractivity contribution < 1.29 is 0 Å². The maximum Gasteiger partial charge on any atom is 0.164 e. The van der Waals surface area contributed by atoms with Crippen LogP contribution in [-0.4, -0.2) is 24.5 Å². The molecule has 9 aromatic carbocycles. The summed E-state index contributed by atoms with van der Waals surface area (Å²) < 4.78 is 4.97. The summed E-state index contributed by atoms with van der Waals surface area (Å²) in [5.41, 5.74) is 11.4. The zero-order valence-electron chi connectivity index (χ0n) is 34.4. The van der Waals surface area contributed by atoms with Gasteiger partial charge in [0.2, 0.25) is 0 Å². The fourth-order valence-electron chi connectivity index (χ4n) is 9.48. The van der Waals surface area contributed by atoms with E-state index in [0.717, 1.165) is 71.9 Å². The first-order valence-corrected chi connectivity index (χ1v) is 22.3. The Labute approximate surface area is 372 Å². The molecule has 64 heavy (non-hydrogen) atoms. The van der Waals surface area contributed by atoms with Crippen molar-refractivity contribution in [2.45, 2.75) is 0 Å². The normalized spacial score (nSPS) is 11.8. The molecule has 0 saturated heterocycles. The Hall–Kier alpha value is -8.32. The first-order valence-electron chi connectivity index (χ1n) is 21.5. The van der Waals surface area contributed by atoms with Gasteiger partial charge in [-0.05, 0) is 47.5 Å². The van der Waals surface area contributed by atoms with Gasteiger partial charge in [-0.15, -0.1) is 11.3 Å². The van der Waals surface area contributed by atoms with Gasteiger partial charge < -0.3 is 4.57 Å². The first-order chi connectivity index (χ1) is 31.7. The van der Waals surface area contributed by atoms with E-state index >= 15 is 0 Å². The lowest BCUT2D eigenvalue weighted by molar-refractivity contribution is 1.07. The minimum Gasteiger partial charge on any atom is -0.309 e. The van der Waals surface area contributed by atoms with Gasteiger partial charge in [-0.1, -0.05) is 176 Å². The summed E-state index contributed by atoms with van der Waals surface area (Å²) in [6.07, 6.45) is 0. The topological polar surface area (TPSA) is 56.5 Å². The van der Waals surface area contributed by atoms with Crippen LogP contribution < -0.4 is 0 Å². The highest BCUT2D eigenvalue weighted by atomic mass is 32.1. The summed E-state index contributed by atoms with van der Waals surface area (Å²) >= 11 is 1.85. The van der Waals surface area contributed by atoms with Gasteiger partial charge in [-0.2, -0.15) is 0 Å². The highest BCUT2D eigenvalue weighted by Gasteiger charge is 2.21. The fourth-order valence-corrected chi connectivity index (χ4v) is 10.7. The molecule has 5 nitrogen and oxygen atoms in total. The van der Waals surface area contributed by atoms with Gasteiger partial charge in [0, 0.05) is 75.0 Å². The zero-order valence-corrected chi connectivity index (χ0v) is 35.2. The predicted molar refractivity (Wildman–Crippen MR) is 267 cm³/mol. The third-order valence-electron chi connectivity index (χ3n) is 12.4. The minimum absolute atomic E-state index is 0.612. The van der Waals surface area contributed by atoms with Crippen LogP contribution in [-0.2, 0) is 0 Å². The molecule has 0 amide bonds. The number of benzene rings is 9. The maximum absolute atomic E-state index is 5.26. The van der Waals surface area contributed by atoms with Crippen LogP contribution in [0.3, 0.4) is 0 Å². The van der Waals surface area contributed by atoms with Crippen molar-refractivity contribution in [1.29, 1.82) is 0 Å². The van der Waals surface area contributed by atoms with Gasteiger partial charge in [0.25, 0.3) is 0 Å². The van der Waals surface area contributed by atoms with Gasteiger partial charge in [0.05, 0.1) is 22.2 Å². The van der Waals surface area contributed by atoms with E-state index in [1.54, 1.807) is 0 Å². The standard InChI is InChI=1S/C58H35N5S/c1-4-15-37(16-5-1)54-47-33-34-49-53(52(47)45-22-10-12-25-48(45)59-54)46-32-31-40(35-50(46)63(49)41-19-8-3-9-20-41)58-61-56(38-17-6-2-7-18-38)60-57(62-58)39-29-27-36(28-30-39)42-23-14-24-44-43-21-11-13-26-51(43)64-55(42)44/h1-35H. The van der Waals surface area contributed by atoms with Crippen LogP contribution in [0.2, 0.25) is 0 Å². The second kappa shape index (κ2) is 14.7. The molecule has 4 aromatic heterocycles. The molecule has 4 heterocycles. The number of rotatable bonds is 6. The number of hydrogen-bond acceptors (Lipinski definition) is 5. The molecule has 298 valence electrons. The molecule has 0 aliphatic rings. The Morgan fingerprint density at radius 1 is 0.344 bits per heavy atom. The van der Waals surface area contributed by atoms with Crippen molar-refractivity contribution >= 4 is 75.0 Å². The van der Waals surface area contributed by atoms with Crippen molar-refractivity contribution in [3.8, 4) is 62.2 Å². The number of para-hydroxylation sites is 2. The van der Waals surface area contributed by atoms with Gasteiger partial charge in [-0.3, -0.25) is 0 Å². The van der Waals surface area contributed by atoms with E-state index in [4.69, 9.17) is 19.9 Å². The second-order valence-electron chi connectivity index (χ2n) is 16.2. The smallest absolute Gasteiger partial charge is 0.164 e. The Morgan fingerprint density at radius 3 is 1.69 bits per heavy atom. The maximum atomic E-state index is 5.26. The molecule has 13 rings (SSSR count). The molecule has 13 aromatic rings. The lowest BCUT2D eigenvalue weighted by Crippen LogP contribution is -2.00. The molecule has 0 fully saturated rings. The van der Waals surface area contributed by atoms with Gasteiger partial charge in [-0.25, -0.2) is 19.9 Å². The van der Waals surface area contributed by atoms with E-state index in [1.807, 2.05) is 29.5 Å². The molecule has 0 aliphatic heterocycles. The Morgan fingerprint density at radius 2 is 0.922 bits per heavy atom. The number of pyridine rings is 1. The third kappa shape index (κ3) is 5.84. The highest BCUT2D eigenvalue weighted by molar-refractivity contribution is 7.26. The van der Waals surface area contributed by atoms with Crippen LogP contribution in [0.15, 0.2) is 212 Å². The lowest BCUT2D eigenvalue weighted by atomic mass is 9.96. The quantitative estimate of drug-likeness (QED) is 0.157. The van der Waals surface area contributed by atoms with Crippen molar-refractivity contribution in [1.82, 2.24) is 24.5 Å². The molecule has 0 saturated carbocycles. The predicted octanol–water partition coefficient (Wildman–Crippen LogP) is 15.4. The van der Waals surface area contributed by atoms with Gasteiger partial charge in [0.1, 0.15) is 0 Å². The highest BCUT2D eigenvalue weighted by Crippen LogP contribution is 2.44. The van der Waals surface area contributed by atoms with Crippen LogP contribution >= 0.6 is 11.3 Å². The Kier molecular flexibility index (Phi) is 8.32. The van der Waals surface area contributed by atoms with Crippen LogP contribution in [0.25, 0.3) is 126 Å². The number of aromatic nitrogens is 5. The van der Waals surface area contributed by atoms with Crippen molar-refractivity contribution in [3.05, 3.63) is 212 Å². The molecule has 0 atom stereocenters. The molecule has 0 unspecified atom stereocenters. The van der Waals surface area contributed by atoms with Gasteiger partial charge in [0.15, 0.2) is 17.5 Å². The van der Waals surface area contributed by atoms with Crippen LogP contribution in [0, 0.1) is 0 Å². The van der Waals surface area contributed by atoms with Crippen LogP contribution in [0.5, 0.6) is 0 Å². The zero-order chi connectivity index (χ0) is 42.1. The van der Waals surface area contributed by atoms with E-state index in [9.17, 15) is 0 Å². The summed E-state index contributed by atoms with van der Waals surface area (Å²) in [4.78, 5) is 20.8. The van der Waals surface area contributed by atoms with Gasteiger partial charge >= 0.3 is 0 Å². The molecule has 0 spiro atoms. The second-order valence-corrected chi connectivity index (χ2v) is 17.2. The van der Waals surface area contributed by atoms with Crippen LogP contribution in [0.1, 0.15) is 0 Å². The number of nitrogens with zero attached hydrogens (tertiary/aromatic N) is 5. The number of hydrogen-bond donors (Lipinski definition) is 0. The molecular formula is C58H35N5S. The van der Waals surface area contributed by atoms with E-state index in [2.05, 4.69) is 199 Å². The van der Waals surface area contributed by atoms with Crippen LogP contribution in [0.4, 0.5) is 0 Å². The van der Waals surface area contributed by atoms with E-state index in [0.29, 0.717) is 17.5 Å². The summed E-state index contributed by atoms with van der Waals surface area (Å²) in [5.74, 6) is 1.86. The first kappa shape index (κ1) is 36.3. The third-order valence-corrected chi connectivity index (χ3v) is 13.7. The van der Waals surface area contributed by atoms with E-state index in [-0.39, 0.29) is 0 Å². The number of fused-ring (bicyclic) bond motifs is 10. The molecule has 6 heteroatoms. The largest absolute Gasteiger partial charge is 0.309 e. The monoisotopic (exact) mass is 833 g/mol. The summed E-state index contributed by atoms with van der Waals surface area (Å²) in [6, 6.07) is 74.9. The average Bonchev–Trinajstić information content (AvgIpc) is 3.92. The van der Waals surface area contributed by atoms with Crippen molar-refractivity contribution in [3.63, 3.8) is 0 Å². The minimum atomic E-state index is 0.612. The molecule has 0 N–H and O–H groups in total. The summed E-state index contributed by atoms with van der Waals surface area (Å²) in [7, 11) is 0. The Balaban J connectivity index is 1.01. The molecule has 0 aliphatic carbocycles. The number of thiophene rings is 1. The summed E-state index contributed by atoms with van der Waals surface area (Å²) in [6.45, 7) is 0. The summed E-state index contributed by atoms with van der Waals surface area (Å²) in [5, 5.41) is 8.35. The van der Waals surface area contributed by atoms with Crippen molar-refractivity contribution in [2.75, 3.05) is 0 Å². The fraction of sp³-hybridized carbons (Fsp3) is 0. The van der Waals surface area contributed by atoms with E-state index in [1.165, 1.54) is 36.5 Å². The van der Waals surface area contributed by atoms with Crippen molar-refractivity contribution in [2.24, 2.45) is 0 Å². The SMILES string of the molecule is c1ccc(-c2nc(-c3ccc(-c4cccc5c4sc4ccccc45)cc3)nc(-c3ccc4c5c6c(ccc5n(-c5ccccc5)c4c3)c(-c3ccccc3)nc3ccccc36)n2)cc1. The average molecular weight is 834 g/mol. The Bertz CT molecular complexity index is 3930. The molecule has 0 bridgehead atoms. The lowest BCUT2D eigenvalue weighted by Gasteiger charge is -2.12.